The zero-order valence-corrected chi connectivity index (χ0v) is 10.5. The standard InChI is InChI=1S/C11H16N4O3/c1-11(2)3-9(16)15(10(17)4-11)6-7-13-8(5-12)18-14-7/h3-6,12H2,1-2H3. The lowest BCUT2D eigenvalue weighted by Crippen LogP contribution is -2.45. The topological polar surface area (TPSA) is 102 Å². The minimum atomic E-state index is -0.273. The molecule has 1 aromatic heterocycles. The number of piperidine rings is 1. The van der Waals surface area contributed by atoms with Gasteiger partial charge in [-0.25, -0.2) is 0 Å². The van der Waals surface area contributed by atoms with Crippen molar-refractivity contribution in [3.63, 3.8) is 0 Å². The Balaban J connectivity index is 2.09. The summed E-state index contributed by atoms with van der Waals surface area (Å²) in [7, 11) is 0. The van der Waals surface area contributed by atoms with Crippen molar-refractivity contribution < 1.29 is 14.1 Å². The molecule has 0 saturated carbocycles. The summed E-state index contributed by atoms with van der Waals surface area (Å²) in [4.78, 5) is 28.9. The first-order valence-electron chi connectivity index (χ1n) is 5.76. The van der Waals surface area contributed by atoms with Crippen LogP contribution in [0.5, 0.6) is 0 Å². The zero-order valence-electron chi connectivity index (χ0n) is 10.5. The van der Waals surface area contributed by atoms with Crippen LogP contribution in [0.3, 0.4) is 0 Å². The molecule has 2 rings (SSSR count). The summed E-state index contributed by atoms with van der Waals surface area (Å²) in [6, 6.07) is 0. The van der Waals surface area contributed by atoms with Crippen molar-refractivity contribution >= 4 is 11.8 Å². The smallest absolute Gasteiger partial charge is 0.240 e. The molecule has 0 bridgehead atoms. The summed E-state index contributed by atoms with van der Waals surface area (Å²) in [5.41, 5.74) is 5.07. The highest BCUT2D eigenvalue weighted by molar-refractivity contribution is 5.98. The van der Waals surface area contributed by atoms with E-state index in [1.165, 1.54) is 4.90 Å². The van der Waals surface area contributed by atoms with Gasteiger partial charge in [0.1, 0.15) is 0 Å². The molecule has 0 unspecified atom stereocenters. The molecule has 1 fully saturated rings. The van der Waals surface area contributed by atoms with Gasteiger partial charge in [0.25, 0.3) is 0 Å². The first kappa shape index (κ1) is 12.7. The second-order valence-corrected chi connectivity index (χ2v) is 5.20. The SMILES string of the molecule is CC1(C)CC(=O)N(Cc2noc(CN)n2)C(=O)C1. The van der Waals surface area contributed by atoms with Crippen molar-refractivity contribution in [1.29, 1.82) is 0 Å². The van der Waals surface area contributed by atoms with Gasteiger partial charge in [-0.05, 0) is 5.41 Å². The number of nitrogens with zero attached hydrogens (tertiary/aromatic N) is 3. The number of nitrogens with two attached hydrogens (primary N) is 1. The van der Waals surface area contributed by atoms with Gasteiger partial charge in [0.2, 0.25) is 17.7 Å². The lowest BCUT2D eigenvalue weighted by atomic mass is 9.82. The van der Waals surface area contributed by atoms with Gasteiger partial charge < -0.3 is 10.3 Å². The van der Waals surface area contributed by atoms with E-state index in [9.17, 15) is 9.59 Å². The summed E-state index contributed by atoms with van der Waals surface area (Å²) < 4.78 is 4.83. The van der Waals surface area contributed by atoms with Crippen LogP contribution in [0.1, 0.15) is 38.4 Å². The van der Waals surface area contributed by atoms with Crippen LogP contribution in [0.15, 0.2) is 4.52 Å². The molecule has 0 radical (unpaired) electrons. The van der Waals surface area contributed by atoms with Crippen molar-refractivity contribution in [2.75, 3.05) is 0 Å². The van der Waals surface area contributed by atoms with E-state index in [0.717, 1.165) is 0 Å². The van der Waals surface area contributed by atoms with Crippen LogP contribution in [-0.4, -0.2) is 26.9 Å². The molecule has 2 N–H and O–H groups in total. The van der Waals surface area contributed by atoms with Gasteiger partial charge in [0, 0.05) is 12.8 Å². The summed E-state index contributed by atoms with van der Waals surface area (Å²) in [6.45, 7) is 4.00. The molecule has 0 spiro atoms. The van der Waals surface area contributed by atoms with Crippen molar-refractivity contribution in [3.05, 3.63) is 11.7 Å². The Morgan fingerprint density at radius 2 is 1.94 bits per heavy atom. The van der Waals surface area contributed by atoms with E-state index >= 15 is 0 Å². The second-order valence-electron chi connectivity index (χ2n) is 5.20. The summed E-state index contributed by atoms with van der Waals surface area (Å²) >= 11 is 0. The average molecular weight is 252 g/mol. The highest BCUT2D eigenvalue weighted by atomic mass is 16.5. The third-order valence-electron chi connectivity index (χ3n) is 2.85. The van der Waals surface area contributed by atoms with Gasteiger partial charge in [-0.15, -0.1) is 0 Å². The predicted octanol–water partition coefficient (Wildman–Crippen LogP) is 0.204. The Bertz CT molecular complexity index is 460. The number of rotatable bonds is 3. The largest absolute Gasteiger partial charge is 0.338 e. The van der Waals surface area contributed by atoms with Gasteiger partial charge in [0.15, 0.2) is 5.82 Å². The number of carbonyl (C=O) groups excluding carboxylic acids is 2. The van der Waals surface area contributed by atoms with Crippen LogP contribution >= 0.6 is 0 Å². The van der Waals surface area contributed by atoms with Crippen LogP contribution < -0.4 is 5.73 Å². The van der Waals surface area contributed by atoms with Gasteiger partial charge in [-0.2, -0.15) is 4.98 Å². The van der Waals surface area contributed by atoms with Crippen LogP contribution in [0.25, 0.3) is 0 Å². The van der Waals surface area contributed by atoms with Gasteiger partial charge >= 0.3 is 0 Å². The summed E-state index contributed by atoms with van der Waals surface area (Å²) in [5.74, 6) is 0.199. The minimum absolute atomic E-state index is 0.0528. The van der Waals surface area contributed by atoms with Crippen LogP contribution in [0, 0.1) is 5.41 Å². The predicted molar refractivity (Wildman–Crippen MR) is 60.8 cm³/mol. The lowest BCUT2D eigenvalue weighted by molar-refractivity contribution is -0.153. The number of likely N-dealkylation sites (tertiary alicyclic amines) is 1. The quantitative estimate of drug-likeness (QED) is 0.771. The summed E-state index contributed by atoms with van der Waals surface area (Å²) in [6.07, 6.45) is 0.695. The molecule has 98 valence electrons. The third kappa shape index (κ3) is 2.56. The van der Waals surface area contributed by atoms with E-state index in [0.29, 0.717) is 24.6 Å². The Hall–Kier alpha value is -1.76. The first-order valence-corrected chi connectivity index (χ1v) is 5.76. The molecular formula is C11H16N4O3. The Morgan fingerprint density at radius 3 is 2.44 bits per heavy atom. The third-order valence-corrected chi connectivity index (χ3v) is 2.85. The summed E-state index contributed by atoms with van der Waals surface area (Å²) in [5, 5.41) is 3.67. The molecule has 1 saturated heterocycles. The Kier molecular flexibility index (Phi) is 3.16. The highest BCUT2D eigenvalue weighted by Crippen LogP contribution is 2.31. The van der Waals surface area contributed by atoms with Crippen molar-refractivity contribution in [2.24, 2.45) is 11.1 Å². The molecule has 0 aromatic carbocycles. The molecular weight excluding hydrogens is 236 g/mol. The molecule has 7 nitrogen and oxygen atoms in total. The lowest BCUT2D eigenvalue weighted by Gasteiger charge is -2.34. The normalized spacial score (nSPS) is 19.4. The molecule has 1 aromatic rings. The van der Waals surface area contributed by atoms with E-state index < -0.39 is 0 Å². The fourth-order valence-corrected chi connectivity index (χ4v) is 1.97. The van der Waals surface area contributed by atoms with Crippen molar-refractivity contribution in [2.45, 2.75) is 39.8 Å². The Labute approximate surface area is 104 Å². The van der Waals surface area contributed by atoms with Gasteiger partial charge in [0.05, 0.1) is 13.1 Å². The molecule has 7 heteroatoms. The molecule has 0 aliphatic carbocycles. The van der Waals surface area contributed by atoms with Crippen LogP contribution in [0.4, 0.5) is 0 Å². The van der Waals surface area contributed by atoms with E-state index in [2.05, 4.69) is 10.1 Å². The average Bonchev–Trinajstić information content (AvgIpc) is 2.70. The monoisotopic (exact) mass is 252 g/mol. The maximum absolute atomic E-state index is 11.9. The number of amides is 2. The van der Waals surface area contributed by atoms with Crippen LogP contribution in [-0.2, 0) is 22.7 Å². The molecule has 2 heterocycles. The fraction of sp³-hybridized carbons (Fsp3) is 0.636. The number of carbonyl (C=O) groups is 2. The van der Waals surface area contributed by atoms with Crippen molar-refractivity contribution in [3.8, 4) is 0 Å². The molecule has 18 heavy (non-hydrogen) atoms. The number of hydrogen-bond acceptors (Lipinski definition) is 6. The number of hydrogen-bond donors (Lipinski definition) is 1. The van der Waals surface area contributed by atoms with Gasteiger partial charge in [-0.1, -0.05) is 19.0 Å². The number of aromatic nitrogens is 2. The maximum Gasteiger partial charge on any atom is 0.240 e. The molecule has 1 aliphatic rings. The van der Waals surface area contributed by atoms with E-state index in [-0.39, 0.29) is 30.3 Å². The van der Waals surface area contributed by atoms with Crippen molar-refractivity contribution in [1.82, 2.24) is 15.0 Å². The van der Waals surface area contributed by atoms with E-state index in [1.54, 1.807) is 0 Å². The highest BCUT2D eigenvalue weighted by Gasteiger charge is 2.37. The second kappa shape index (κ2) is 4.49. The van der Waals surface area contributed by atoms with Crippen LogP contribution in [0.2, 0.25) is 0 Å². The zero-order chi connectivity index (χ0) is 13.3. The minimum Gasteiger partial charge on any atom is -0.338 e. The fourth-order valence-electron chi connectivity index (χ4n) is 1.97. The maximum atomic E-state index is 11.9. The molecule has 2 amide bonds. The number of imide groups is 1. The molecule has 0 atom stereocenters. The Morgan fingerprint density at radius 1 is 1.33 bits per heavy atom. The van der Waals surface area contributed by atoms with Gasteiger partial charge in [-0.3, -0.25) is 14.5 Å². The van der Waals surface area contributed by atoms with E-state index in [1.807, 2.05) is 13.8 Å². The first-order chi connectivity index (χ1) is 8.41. The molecule has 1 aliphatic heterocycles. The van der Waals surface area contributed by atoms with E-state index in [4.69, 9.17) is 10.3 Å².